The lowest BCUT2D eigenvalue weighted by Gasteiger charge is -2.25. The minimum atomic E-state index is 0.152. The minimum Gasteiger partial charge on any atom is -0.381 e. The third kappa shape index (κ3) is 3.60. The molecule has 1 aliphatic rings. The quantitative estimate of drug-likeness (QED) is 0.797. The van der Waals surface area contributed by atoms with Gasteiger partial charge in [-0.1, -0.05) is 36.4 Å². The zero-order valence-corrected chi connectivity index (χ0v) is 13.0. The molecule has 0 radical (unpaired) electrons. The van der Waals surface area contributed by atoms with Gasteiger partial charge >= 0.3 is 0 Å². The van der Waals surface area contributed by atoms with E-state index in [0.29, 0.717) is 5.92 Å². The molecule has 0 saturated carbocycles. The standard InChI is InChI=1S/C19H22N2O/c1-15(16-6-3-2-4-7-16)21-19(17-9-12-22-13-10-17)18-8-5-11-20-14-18/h2-8,11,14-15,17H,9-10,12-13H2,1H3/t15-/m0/s1. The zero-order chi connectivity index (χ0) is 15.2. The Bertz CT molecular complexity index is 604. The molecular formula is C19H22N2O. The van der Waals surface area contributed by atoms with Gasteiger partial charge in [0.1, 0.15) is 0 Å². The van der Waals surface area contributed by atoms with Crippen molar-refractivity contribution in [3.63, 3.8) is 0 Å². The van der Waals surface area contributed by atoms with Gasteiger partial charge in [-0.3, -0.25) is 9.98 Å². The van der Waals surface area contributed by atoms with E-state index >= 15 is 0 Å². The number of hydrogen-bond donors (Lipinski definition) is 0. The fourth-order valence-electron chi connectivity index (χ4n) is 2.92. The predicted molar refractivity (Wildman–Crippen MR) is 89.2 cm³/mol. The van der Waals surface area contributed by atoms with Crippen LogP contribution in [0.25, 0.3) is 0 Å². The number of aliphatic imine (C=N–C) groups is 1. The first-order chi connectivity index (χ1) is 10.8. The molecule has 114 valence electrons. The number of aromatic nitrogens is 1. The molecule has 1 aliphatic heterocycles. The molecule has 1 saturated heterocycles. The van der Waals surface area contributed by atoms with Crippen LogP contribution in [0, 0.1) is 5.92 Å². The van der Waals surface area contributed by atoms with Crippen molar-refractivity contribution in [2.24, 2.45) is 10.9 Å². The van der Waals surface area contributed by atoms with Crippen molar-refractivity contribution >= 4 is 5.71 Å². The van der Waals surface area contributed by atoms with E-state index in [0.717, 1.165) is 31.6 Å². The number of benzene rings is 1. The average molecular weight is 294 g/mol. The maximum absolute atomic E-state index is 5.50. The van der Waals surface area contributed by atoms with Crippen molar-refractivity contribution in [3.8, 4) is 0 Å². The summed E-state index contributed by atoms with van der Waals surface area (Å²) in [6.07, 6.45) is 5.81. The van der Waals surface area contributed by atoms with Crippen LogP contribution in [0.2, 0.25) is 0 Å². The molecule has 3 rings (SSSR count). The highest BCUT2D eigenvalue weighted by molar-refractivity contribution is 6.02. The summed E-state index contributed by atoms with van der Waals surface area (Å²) in [7, 11) is 0. The van der Waals surface area contributed by atoms with Crippen molar-refractivity contribution < 1.29 is 4.74 Å². The maximum Gasteiger partial charge on any atom is 0.0724 e. The van der Waals surface area contributed by atoms with E-state index in [9.17, 15) is 0 Å². The van der Waals surface area contributed by atoms with Crippen LogP contribution in [0.4, 0.5) is 0 Å². The lowest BCUT2D eigenvalue weighted by molar-refractivity contribution is 0.0828. The molecule has 0 unspecified atom stereocenters. The molecule has 22 heavy (non-hydrogen) atoms. The van der Waals surface area contributed by atoms with Crippen molar-refractivity contribution in [2.75, 3.05) is 13.2 Å². The first kappa shape index (κ1) is 14.9. The Balaban J connectivity index is 1.92. The molecular weight excluding hydrogens is 272 g/mol. The van der Waals surface area contributed by atoms with E-state index in [-0.39, 0.29) is 6.04 Å². The summed E-state index contributed by atoms with van der Waals surface area (Å²) >= 11 is 0. The fourth-order valence-corrected chi connectivity index (χ4v) is 2.92. The van der Waals surface area contributed by atoms with Crippen LogP contribution in [0.15, 0.2) is 59.9 Å². The van der Waals surface area contributed by atoms with Gasteiger partial charge < -0.3 is 4.74 Å². The molecule has 2 heterocycles. The Hall–Kier alpha value is -2.00. The van der Waals surface area contributed by atoms with Gasteiger partial charge in [-0.25, -0.2) is 0 Å². The van der Waals surface area contributed by atoms with Crippen molar-refractivity contribution in [3.05, 3.63) is 66.0 Å². The SMILES string of the molecule is C[C@H](N=C(c1cccnc1)C1CCOCC1)c1ccccc1. The average Bonchev–Trinajstić information content (AvgIpc) is 2.62. The number of nitrogens with zero attached hydrogens (tertiary/aromatic N) is 2. The molecule has 3 nitrogen and oxygen atoms in total. The van der Waals surface area contributed by atoms with Crippen LogP contribution < -0.4 is 0 Å². The summed E-state index contributed by atoms with van der Waals surface area (Å²) in [5, 5.41) is 0. The van der Waals surface area contributed by atoms with Crippen molar-refractivity contribution in [1.29, 1.82) is 0 Å². The summed E-state index contributed by atoms with van der Waals surface area (Å²) in [4.78, 5) is 9.33. The van der Waals surface area contributed by atoms with Gasteiger partial charge in [0.25, 0.3) is 0 Å². The van der Waals surface area contributed by atoms with Crippen molar-refractivity contribution in [2.45, 2.75) is 25.8 Å². The van der Waals surface area contributed by atoms with Gasteiger partial charge in [-0.2, -0.15) is 0 Å². The summed E-state index contributed by atoms with van der Waals surface area (Å²) in [6.45, 7) is 3.80. The van der Waals surface area contributed by atoms with E-state index in [1.165, 1.54) is 11.3 Å². The molecule has 1 fully saturated rings. The van der Waals surface area contributed by atoms with E-state index < -0.39 is 0 Å². The largest absolute Gasteiger partial charge is 0.381 e. The molecule has 0 spiro atoms. The number of ether oxygens (including phenoxy) is 1. The summed E-state index contributed by atoms with van der Waals surface area (Å²) in [5.74, 6) is 0.462. The van der Waals surface area contributed by atoms with Gasteiger partial charge in [0, 0.05) is 42.8 Å². The third-order valence-electron chi connectivity index (χ3n) is 4.18. The molecule has 2 aromatic rings. The highest BCUT2D eigenvalue weighted by Crippen LogP contribution is 2.25. The van der Waals surface area contributed by atoms with Crippen LogP contribution in [-0.4, -0.2) is 23.9 Å². The monoisotopic (exact) mass is 294 g/mol. The minimum absolute atomic E-state index is 0.152. The number of rotatable bonds is 4. The second kappa shape index (κ2) is 7.32. The second-order valence-corrected chi connectivity index (χ2v) is 5.73. The van der Waals surface area contributed by atoms with Gasteiger partial charge in [-0.05, 0) is 31.4 Å². The third-order valence-corrected chi connectivity index (χ3v) is 4.18. The smallest absolute Gasteiger partial charge is 0.0724 e. The molecule has 0 aliphatic carbocycles. The molecule has 0 N–H and O–H groups in total. The molecule has 1 atom stereocenters. The topological polar surface area (TPSA) is 34.5 Å². The number of pyridine rings is 1. The summed E-state index contributed by atoms with van der Waals surface area (Å²) in [5.41, 5.74) is 3.56. The zero-order valence-electron chi connectivity index (χ0n) is 13.0. The lowest BCUT2D eigenvalue weighted by Crippen LogP contribution is -2.25. The van der Waals surface area contributed by atoms with E-state index in [1.807, 2.05) is 24.5 Å². The normalized spacial score (nSPS) is 18.1. The van der Waals surface area contributed by atoms with Gasteiger partial charge in [0.15, 0.2) is 0 Å². The summed E-state index contributed by atoms with van der Waals surface area (Å²) < 4.78 is 5.50. The predicted octanol–water partition coefficient (Wildman–Crippen LogP) is 4.06. The Labute approximate surface area is 132 Å². The highest BCUT2D eigenvalue weighted by Gasteiger charge is 2.22. The fraction of sp³-hybridized carbons (Fsp3) is 0.368. The first-order valence-electron chi connectivity index (χ1n) is 7.95. The maximum atomic E-state index is 5.50. The molecule has 0 amide bonds. The molecule has 1 aromatic carbocycles. The first-order valence-corrected chi connectivity index (χ1v) is 7.95. The Kier molecular flexibility index (Phi) is 4.96. The van der Waals surface area contributed by atoms with Crippen molar-refractivity contribution in [1.82, 2.24) is 4.98 Å². The van der Waals surface area contributed by atoms with Crippen LogP contribution in [0.5, 0.6) is 0 Å². The van der Waals surface area contributed by atoms with Crippen LogP contribution >= 0.6 is 0 Å². The van der Waals surface area contributed by atoms with Crippen LogP contribution in [0.1, 0.15) is 36.9 Å². The van der Waals surface area contributed by atoms with E-state index in [2.05, 4.69) is 42.2 Å². The molecule has 1 aromatic heterocycles. The Morgan fingerprint density at radius 2 is 1.91 bits per heavy atom. The van der Waals surface area contributed by atoms with E-state index in [4.69, 9.17) is 9.73 Å². The van der Waals surface area contributed by atoms with Gasteiger partial charge in [0.2, 0.25) is 0 Å². The Morgan fingerprint density at radius 1 is 1.14 bits per heavy atom. The van der Waals surface area contributed by atoms with Crippen LogP contribution in [0.3, 0.4) is 0 Å². The molecule has 3 heteroatoms. The highest BCUT2D eigenvalue weighted by atomic mass is 16.5. The van der Waals surface area contributed by atoms with Crippen LogP contribution in [-0.2, 0) is 4.74 Å². The second-order valence-electron chi connectivity index (χ2n) is 5.73. The van der Waals surface area contributed by atoms with Gasteiger partial charge in [0.05, 0.1) is 6.04 Å². The van der Waals surface area contributed by atoms with E-state index in [1.54, 1.807) is 0 Å². The lowest BCUT2D eigenvalue weighted by atomic mass is 9.90. The number of hydrogen-bond acceptors (Lipinski definition) is 3. The van der Waals surface area contributed by atoms with Gasteiger partial charge in [-0.15, -0.1) is 0 Å². The molecule has 0 bridgehead atoms. The summed E-state index contributed by atoms with van der Waals surface area (Å²) in [6, 6.07) is 14.7. The Morgan fingerprint density at radius 3 is 2.59 bits per heavy atom.